The molecule has 16 heavy (non-hydrogen) atoms. The summed E-state index contributed by atoms with van der Waals surface area (Å²) in [6.07, 6.45) is 0.711. The zero-order chi connectivity index (χ0) is 12.3. The third-order valence-electron chi connectivity index (χ3n) is 2.32. The minimum atomic E-state index is -0.828. The molecule has 0 fully saturated rings. The molecule has 0 heterocycles. The maximum Gasteiger partial charge on any atom is 0.305 e. The van der Waals surface area contributed by atoms with Crippen molar-refractivity contribution in [3.05, 3.63) is 39.7 Å². The molecular formula is C11H15FN2O2. The lowest BCUT2D eigenvalue weighted by Gasteiger charge is -2.14. The van der Waals surface area contributed by atoms with E-state index >= 15 is 0 Å². The van der Waals surface area contributed by atoms with Crippen LogP contribution in [0.15, 0.2) is 18.2 Å². The van der Waals surface area contributed by atoms with Crippen LogP contribution in [0.1, 0.15) is 31.9 Å². The van der Waals surface area contributed by atoms with E-state index in [4.69, 9.17) is 5.73 Å². The van der Waals surface area contributed by atoms with Crippen molar-refractivity contribution < 1.29 is 9.31 Å². The highest BCUT2D eigenvalue weighted by molar-refractivity contribution is 5.37. The van der Waals surface area contributed by atoms with Gasteiger partial charge >= 0.3 is 5.69 Å². The first-order valence-corrected chi connectivity index (χ1v) is 5.11. The van der Waals surface area contributed by atoms with Crippen molar-refractivity contribution in [1.29, 1.82) is 0 Å². The Labute approximate surface area is 93.4 Å². The Hall–Kier alpha value is -1.49. The maximum atomic E-state index is 13.1. The number of hydrogen-bond acceptors (Lipinski definition) is 3. The van der Waals surface area contributed by atoms with Gasteiger partial charge in [0.05, 0.1) is 4.92 Å². The van der Waals surface area contributed by atoms with Crippen molar-refractivity contribution in [2.24, 2.45) is 11.7 Å². The van der Waals surface area contributed by atoms with Gasteiger partial charge in [0.15, 0.2) is 0 Å². The Bertz CT molecular complexity index is 394. The van der Waals surface area contributed by atoms with E-state index in [0.717, 1.165) is 6.07 Å². The van der Waals surface area contributed by atoms with Gasteiger partial charge in [-0.2, -0.15) is 4.39 Å². The first kappa shape index (κ1) is 12.6. The third-order valence-corrected chi connectivity index (χ3v) is 2.32. The Balaban J connectivity index is 2.98. The summed E-state index contributed by atoms with van der Waals surface area (Å²) in [5.74, 6) is -0.440. The van der Waals surface area contributed by atoms with E-state index < -0.39 is 16.4 Å². The SMILES string of the molecule is CC(C)C[C@@H](N)c1ccc(F)c([N+](=O)[O-])c1. The molecule has 0 unspecified atom stereocenters. The summed E-state index contributed by atoms with van der Waals surface area (Å²) in [4.78, 5) is 9.81. The largest absolute Gasteiger partial charge is 0.324 e. The summed E-state index contributed by atoms with van der Waals surface area (Å²) < 4.78 is 13.1. The van der Waals surface area contributed by atoms with Crippen LogP contribution < -0.4 is 5.73 Å². The summed E-state index contributed by atoms with van der Waals surface area (Å²) in [5, 5.41) is 10.5. The van der Waals surface area contributed by atoms with Crippen LogP contribution in [0.25, 0.3) is 0 Å². The van der Waals surface area contributed by atoms with Crippen molar-refractivity contribution in [3.8, 4) is 0 Å². The van der Waals surface area contributed by atoms with Crippen LogP contribution in [-0.4, -0.2) is 4.92 Å². The normalized spacial score (nSPS) is 12.8. The van der Waals surface area contributed by atoms with Gasteiger partial charge in [-0.05, 0) is 24.0 Å². The molecule has 0 spiro atoms. The van der Waals surface area contributed by atoms with Gasteiger partial charge in [0.25, 0.3) is 0 Å². The summed E-state index contributed by atoms with van der Waals surface area (Å²) in [7, 11) is 0. The van der Waals surface area contributed by atoms with Crippen molar-refractivity contribution in [2.45, 2.75) is 26.3 Å². The molecule has 0 aromatic heterocycles. The van der Waals surface area contributed by atoms with E-state index in [2.05, 4.69) is 0 Å². The second-order valence-electron chi connectivity index (χ2n) is 4.20. The Morgan fingerprint density at radius 3 is 2.62 bits per heavy atom. The van der Waals surface area contributed by atoms with Crippen LogP contribution in [0.2, 0.25) is 0 Å². The van der Waals surface area contributed by atoms with Crippen LogP contribution in [0, 0.1) is 21.8 Å². The number of nitro groups is 1. The minimum absolute atomic E-state index is 0.292. The number of halogens is 1. The van der Waals surface area contributed by atoms with Gasteiger partial charge in [-0.25, -0.2) is 0 Å². The standard InChI is InChI=1S/C11H15FN2O2/c1-7(2)5-10(13)8-3-4-9(12)11(6-8)14(15)16/h3-4,6-7,10H,5,13H2,1-2H3/t10-/m1/s1. The minimum Gasteiger partial charge on any atom is -0.324 e. The van der Waals surface area contributed by atoms with Crippen molar-refractivity contribution in [3.63, 3.8) is 0 Å². The molecule has 4 nitrogen and oxygen atoms in total. The van der Waals surface area contributed by atoms with Crippen molar-refractivity contribution in [2.75, 3.05) is 0 Å². The second-order valence-corrected chi connectivity index (χ2v) is 4.20. The fourth-order valence-corrected chi connectivity index (χ4v) is 1.54. The van der Waals surface area contributed by atoms with Crippen LogP contribution in [0.4, 0.5) is 10.1 Å². The number of nitrogens with two attached hydrogens (primary N) is 1. The van der Waals surface area contributed by atoms with E-state index in [-0.39, 0.29) is 6.04 Å². The van der Waals surface area contributed by atoms with Crippen LogP contribution in [0.5, 0.6) is 0 Å². The third kappa shape index (κ3) is 3.00. The number of nitro benzene ring substituents is 1. The zero-order valence-corrected chi connectivity index (χ0v) is 9.31. The first-order chi connectivity index (χ1) is 7.41. The molecule has 0 saturated carbocycles. The quantitative estimate of drug-likeness (QED) is 0.634. The highest BCUT2D eigenvalue weighted by Gasteiger charge is 2.17. The van der Waals surface area contributed by atoms with Gasteiger partial charge < -0.3 is 5.73 Å². The zero-order valence-electron chi connectivity index (χ0n) is 9.31. The summed E-state index contributed by atoms with van der Waals surface area (Å²) >= 11 is 0. The molecule has 0 aliphatic rings. The lowest BCUT2D eigenvalue weighted by atomic mass is 9.97. The van der Waals surface area contributed by atoms with E-state index in [1.54, 1.807) is 0 Å². The number of hydrogen-bond donors (Lipinski definition) is 1. The second kappa shape index (κ2) is 5.03. The van der Waals surface area contributed by atoms with Gasteiger partial charge in [-0.3, -0.25) is 10.1 Å². The molecule has 1 atom stereocenters. The molecule has 2 N–H and O–H groups in total. The molecule has 88 valence electrons. The molecule has 0 saturated heterocycles. The van der Waals surface area contributed by atoms with E-state index in [1.165, 1.54) is 12.1 Å². The molecule has 5 heteroatoms. The van der Waals surface area contributed by atoms with Crippen LogP contribution in [0.3, 0.4) is 0 Å². The van der Waals surface area contributed by atoms with E-state index in [0.29, 0.717) is 17.9 Å². The Morgan fingerprint density at radius 2 is 2.12 bits per heavy atom. The molecule has 1 rings (SSSR count). The predicted molar refractivity (Wildman–Crippen MR) is 59.4 cm³/mol. The molecule has 1 aromatic carbocycles. The lowest BCUT2D eigenvalue weighted by molar-refractivity contribution is -0.387. The topological polar surface area (TPSA) is 69.2 Å². The molecule has 0 aliphatic heterocycles. The predicted octanol–water partition coefficient (Wildman–Crippen LogP) is 2.78. The summed E-state index contributed by atoms with van der Waals surface area (Å²) in [6, 6.07) is 3.50. The van der Waals surface area contributed by atoms with Gasteiger partial charge in [0.1, 0.15) is 0 Å². The average Bonchev–Trinajstić information content (AvgIpc) is 2.16. The van der Waals surface area contributed by atoms with Crippen molar-refractivity contribution >= 4 is 5.69 Å². The smallest absolute Gasteiger partial charge is 0.305 e. The Kier molecular flexibility index (Phi) is 3.95. The number of benzene rings is 1. The van der Waals surface area contributed by atoms with Gasteiger partial charge in [-0.1, -0.05) is 19.9 Å². The summed E-state index contributed by atoms with van der Waals surface area (Å²) in [6.45, 7) is 4.02. The fourth-order valence-electron chi connectivity index (χ4n) is 1.54. The van der Waals surface area contributed by atoms with Gasteiger partial charge in [0.2, 0.25) is 5.82 Å². The Morgan fingerprint density at radius 1 is 1.50 bits per heavy atom. The van der Waals surface area contributed by atoms with E-state index in [9.17, 15) is 14.5 Å². The first-order valence-electron chi connectivity index (χ1n) is 5.11. The molecule has 0 radical (unpaired) electrons. The monoisotopic (exact) mass is 226 g/mol. The van der Waals surface area contributed by atoms with Crippen LogP contribution >= 0.6 is 0 Å². The van der Waals surface area contributed by atoms with Crippen molar-refractivity contribution in [1.82, 2.24) is 0 Å². The van der Waals surface area contributed by atoms with Gasteiger partial charge in [-0.15, -0.1) is 0 Å². The lowest BCUT2D eigenvalue weighted by Crippen LogP contribution is -2.13. The fraction of sp³-hybridized carbons (Fsp3) is 0.455. The molecule has 0 aliphatic carbocycles. The average molecular weight is 226 g/mol. The number of nitrogens with zero attached hydrogens (tertiary/aromatic N) is 1. The molecule has 0 bridgehead atoms. The molecule has 1 aromatic rings. The highest BCUT2D eigenvalue weighted by atomic mass is 19.1. The van der Waals surface area contributed by atoms with Gasteiger partial charge in [0, 0.05) is 12.1 Å². The number of rotatable bonds is 4. The summed E-state index contributed by atoms with van der Waals surface area (Å²) in [5.41, 5.74) is 5.95. The molecular weight excluding hydrogens is 211 g/mol. The van der Waals surface area contributed by atoms with Crippen LogP contribution in [-0.2, 0) is 0 Å². The van der Waals surface area contributed by atoms with E-state index in [1.807, 2.05) is 13.8 Å². The highest BCUT2D eigenvalue weighted by Crippen LogP contribution is 2.24. The molecule has 0 amide bonds. The maximum absolute atomic E-state index is 13.1.